The zero-order valence-electron chi connectivity index (χ0n) is 15.1. The Bertz CT molecular complexity index is 984. The van der Waals surface area contributed by atoms with E-state index < -0.39 is 24.5 Å². The van der Waals surface area contributed by atoms with E-state index in [1.165, 1.54) is 11.7 Å². The van der Waals surface area contributed by atoms with Gasteiger partial charge in [0.15, 0.2) is 12.3 Å². The molecule has 0 aliphatic heterocycles. The molecule has 0 aliphatic rings. The number of para-hydroxylation sites is 1. The fourth-order valence-electron chi connectivity index (χ4n) is 2.47. The number of carbonyl (C=O) groups is 3. The van der Waals surface area contributed by atoms with Gasteiger partial charge in [0, 0.05) is 12.6 Å². The lowest BCUT2D eigenvalue weighted by molar-refractivity contribution is -0.123. The Morgan fingerprint density at radius 3 is 2.29 bits per heavy atom. The van der Waals surface area contributed by atoms with Crippen molar-refractivity contribution >= 4 is 17.9 Å². The first-order valence-corrected chi connectivity index (χ1v) is 8.48. The van der Waals surface area contributed by atoms with Crippen molar-refractivity contribution in [3.8, 4) is 16.9 Å². The Labute approximate surface area is 161 Å². The van der Waals surface area contributed by atoms with Gasteiger partial charge in [-0.1, -0.05) is 48.5 Å². The van der Waals surface area contributed by atoms with Crippen molar-refractivity contribution in [2.75, 3.05) is 13.7 Å². The van der Waals surface area contributed by atoms with E-state index in [9.17, 15) is 14.4 Å². The van der Waals surface area contributed by atoms with E-state index in [1.807, 2.05) is 53.8 Å². The molecule has 0 fully saturated rings. The van der Waals surface area contributed by atoms with Gasteiger partial charge >= 0.3 is 12.0 Å². The van der Waals surface area contributed by atoms with Crippen molar-refractivity contribution in [3.05, 3.63) is 72.4 Å². The topological polar surface area (TPSA) is 102 Å². The van der Waals surface area contributed by atoms with Crippen LogP contribution in [-0.2, 0) is 9.53 Å². The molecular weight excluding hydrogens is 360 g/mol. The van der Waals surface area contributed by atoms with Gasteiger partial charge in [0.2, 0.25) is 0 Å². The number of benzene rings is 2. The molecule has 142 valence electrons. The van der Waals surface area contributed by atoms with E-state index in [1.54, 1.807) is 18.2 Å². The maximum atomic E-state index is 12.6. The van der Waals surface area contributed by atoms with E-state index in [0.29, 0.717) is 11.4 Å². The number of nitrogens with zero attached hydrogens (tertiary/aromatic N) is 2. The molecule has 28 heavy (non-hydrogen) atoms. The van der Waals surface area contributed by atoms with Crippen LogP contribution in [0.3, 0.4) is 0 Å². The molecule has 8 heteroatoms. The first-order chi connectivity index (χ1) is 13.6. The lowest BCUT2D eigenvalue weighted by Crippen LogP contribution is -2.39. The highest BCUT2D eigenvalue weighted by Crippen LogP contribution is 2.22. The number of carbonyl (C=O) groups excluding carboxylic acids is 3. The van der Waals surface area contributed by atoms with Crippen LogP contribution in [-0.4, -0.2) is 41.3 Å². The molecule has 0 atom stereocenters. The molecule has 2 N–H and O–H groups in total. The van der Waals surface area contributed by atoms with Gasteiger partial charge in [0.1, 0.15) is 0 Å². The number of hydrogen-bond acceptors (Lipinski definition) is 5. The van der Waals surface area contributed by atoms with Gasteiger partial charge in [-0.25, -0.2) is 14.3 Å². The third-order valence-corrected chi connectivity index (χ3v) is 3.80. The smallest absolute Gasteiger partial charge is 0.357 e. The van der Waals surface area contributed by atoms with Crippen LogP contribution in [0, 0.1) is 0 Å². The normalized spacial score (nSPS) is 10.2. The van der Waals surface area contributed by atoms with Crippen molar-refractivity contribution in [2.24, 2.45) is 0 Å². The molecule has 0 aliphatic carbocycles. The predicted molar refractivity (Wildman–Crippen MR) is 102 cm³/mol. The second-order valence-electron chi connectivity index (χ2n) is 5.73. The summed E-state index contributed by atoms with van der Waals surface area (Å²) >= 11 is 0. The number of ether oxygens (including phenoxy) is 1. The average Bonchev–Trinajstić information content (AvgIpc) is 3.19. The van der Waals surface area contributed by atoms with Crippen molar-refractivity contribution < 1.29 is 19.1 Å². The Kier molecular flexibility index (Phi) is 5.81. The van der Waals surface area contributed by atoms with Crippen molar-refractivity contribution in [2.45, 2.75) is 0 Å². The standard InChI is InChI=1S/C20H18N4O4/c1-21-20(27)22-18(25)13-28-19(26)17-12-16(14-8-4-2-5-9-14)23-24(17)15-10-6-3-7-11-15/h2-12H,13H2,1H3,(H2,21,22,25,27). The first-order valence-electron chi connectivity index (χ1n) is 8.48. The number of rotatable bonds is 5. The van der Waals surface area contributed by atoms with Crippen molar-refractivity contribution in [1.29, 1.82) is 0 Å². The SMILES string of the molecule is CNC(=O)NC(=O)COC(=O)c1cc(-c2ccccc2)nn1-c1ccccc1. The Morgan fingerprint density at radius 2 is 1.64 bits per heavy atom. The molecule has 3 rings (SSSR count). The summed E-state index contributed by atoms with van der Waals surface area (Å²) in [5.74, 6) is -1.47. The van der Waals surface area contributed by atoms with E-state index in [4.69, 9.17) is 4.74 Å². The van der Waals surface area contributed by atoms with E-state index in [2.05, 4.69) is 10.4 Å². The third-order valence-electron chi connectivity index (χ3n) is 3.80. The average molecular weight is 378 g/mol. The van der Waals surface area contributed by atoms with Gasteiger partial charge in [0.05, 0.1) is 11.4 Å². The second kappa shape index (κ2) is 8.63. The Morgan fingerprint density at radius 1 is 1.00 bits per heavy atom. The fraction of sp³-hybridized carbons (Fsp3) is 0.100. The van der Waals surface area contributed by atoms with Crippen molar-refractivity contribution in [1.82, 2.24) is 20.4 Å². The third kappa shape index (κ3) is 4.42. The summed E-state index contributed by atoms with van der Waals surface area (Å²) in [5.41, 5.74) is 2.26. The van der Waals surface area contributed by atoms with Gasteiger partial charge < -0.3 is 10.1 Å². The molecule has 0 saturated carbocycles. The number of amides is 3. The molecule has 3 amide bonds. The molecule has 1 aromatic heterocycles. The summed E-state index contributed by atoms with van der Waals surface area (Å²) in [6.45, 7) is -0.590. The maximum absolute atomic E-state index is 12.6. The Balaban J connectivity index is 1.86. The van der Waals surface area contributed by atoms with Crippen LogP contribution in [0.15, 0.2) is 66.7 Å². The van der Waals surface area contributed by atoms with Crippen molar-refractivity contribution in [3.63, 3.8) is 0 Å². The molecule has 2 aromatic carbocycles. The molecule has 3 aromatic rings. The first kappa shape index (κ1) is 18.8. The molecule has 0 spiro atoms. The molecule has 0 unspecified atom stereocenters. The predicted octanol–water partition coefficient (Wildman–Crippen LogP) is 2.15. The molecule has 8 nitrogen and oxygen atoms in total. The molecule has 0 bridgehead atoms. The molecule has 0 saturated heterocycles. The molecular formula is C20H18N4O4. The zero-order chi connectivity index (χ0) is 19.9. The van der Waals surface area contributed by atoms with Crippen LogP contribution in [0.2, 0.25) is 0 Å². The summed E-state index contributed by atoms with van der Waals surface area (Å²) in [4.78, 5) is 35.4. The van der Waals surface area contributed by atoms with Gasteiger partial charge in [0.25, 0.3) is 5.91 Å². The number of aromatic nitrogens is 2. The van der Waals surface area contributed by atoms with E-state index in [0.717, 1.165) is 5.56 Å². The summed E-state index contributed by atoms with van der Waals surface area (Å²) in [6.07, 6.45) is 0. The minimum atomic E-state index is -0.734. The second-order valence-corrected chi connectivity index (χ2v) is 5.73. The fourth-order valence-corrected chi connectivity index (χ4v) is 2.47. The Hall–Kier alpha value is -3.94. The minimum absolute atomic E-state index is 0.165. The number of esters is 1. The number of nitrogens with one attached hydrogen (secondary N) is 2. The number of imide groups is 1. The van der Waals surface area contributed by atoms with Gasteiger partial charge in [-0.15, -0.1) is 0 Å². The minimum Gasteiger partial charge on any atom is -0.451 e. The summed E-state index contributed by atoms with van der Waals surface area (Å²) in [5, 5.41) is 8.78. The lowest BCUT2D eigenvalue weighted by Gasteiger charge is -2.08. The van der Waals surface area contributed by atoms with Crippen LogP contribution in [0.25, 0.3) is 16.9 Å². The zero-order valence-corrected chi connectivity index (χ0v) is 15.1. The quantitative estimate of drug-likeness (QED) is 0.663. The van der Waals surface area contributed by atoms with Gasteiger partial charge in [-0.3, -0.25) is 10.1 Å². The van der Waals surface area contributed by atoms with Crippen LogP contribution >= 0.6 is 0 Å². The summed E-state index contributed by atoms with van der Waals surface area (Å²) in [7, 11) is 1.37. The van der Waals surface area contributed by atoms with Crippen LogP contribution in [0.1, 0.15) is 10.5 Å². The highest BCUT2D eigenvalue weighted by Gasteiger charge is 2.20. The van der Waals surface area contributed by atoms with E-state index in [-0.39, 0.29) is 5.69 Å². The highest BCUT2D eigenvalue weighted by molar-refractivity contribution is 5.97. The summed E-state index contributed by atoms with van der Waals surface area (Å²) < 4.78 is 6.51. The largest absolute Gasteiger partial charge is 0.451 e. The van der Waals surface area contributed by atoms with Gasteiger partial charge in [-0.2, -0.15) is 5.10 Å². The number of urea groups is 1. The maximum Gasteiger partial charge on any atom is 0.357 e. The monoisotopic (exact) mass is 378 g/mol. The van der Waals surface area contributed by atoms with Crippen LogP contribution in [0.5, 0.6) is 0 Å². The number of hydrogen-bond donors (Lipinski definition) is 2. The van der Waals surface area contributed by atoms with Crippen LogP contribution in [0.4, 0.5) is 4.79 Å². The van der Waals surface area contributed by atoms with E-state index >= 15 is 0 Å². The lowest BCUT2D eigenvalue weighted by atomic mass is 10.1. The van der Waals surface area contributed by atoms with Gasteiger partial charge in [-0.05, 0) is 18.2 Å². The highest BCUT2D eigenvalue weighted by atomic mass is 16.5. The summed E-state index contributed by atoms with van der Waals surface area (Å²) in [6, 6.07) is 19.4. The molecule has 0 radical (unpaired) electrons. The molecule has 1 heterocycles. The van der Waals surface area contributed by atoms with Crippen LogP contribution < -0.4 is 10.6 Å².